The van der Waals surface area contributed by atoms with Crippen LogP contribution in [0.3, 0.4) is 0 Å². The lowest BCUT2D eigenvalue weighted by molar-refractivity contribution is -0.146. The van der Waals surface area contributed by atoms with Gasteiger partial charge >= 0.3 is 11.9 Å². The summed E-state index contributed by atoms with van der Waals surface area (Å²) in [5.41, 5.74) is 0. The van der Waals surface area contributed by atoms with E-state index in [0.29, 0.717) is 0 Å². The number of thiol groups is 1. The normalized spacial score (nSPS) is 15.8. The zero-order chi connectivity index (χ0) is 8.31. The maximum absolute atomic E-state index is 10.1. The summed E-state index contributed by atoms with van der Waals surface area (Å²) < 4.78 is 0. The van der Waals surface area contributed by atoms with Crippen molar-refractivity contribution in [2.45, 2.75) is 12.2 Å². The minimum absolute atomic E-state index is 0.958. The van der Waals surface area contributed by atoms with Crippen LogP contribution in [-0.4, -0.2) is 27.4 Å². The number of hydrogen-bond acceptors (Lipinski definition) is 3. The third-order valence-electron chi connectivity index (χ3n) is 1.12. The molecule has 5 heteroatoms. The molecule has 0 heterocycles. The van der Waals surface area contributed by atoms with Crippen molar-refractivity contribution in [3.8, 4) is 0 Å². The smallest absolute Gasteiger partial charge is 0.317 e. The summed E-state index contributed by atoms with van der Waals surface area (Å²) in [5.74, 6) is -3.32. The molecule has 2 N–H and O–H groups in total. The summed E-state index contributed by atoms with van der Waals surface area (Å²) >= 11 is 3.58. The summed E-state index contributed by atoms with van der Waals surface area (Å²) in [6.07, 6.45) is 0. The fraction of sp³-hybridized carbons (Fsp3) is 0.600. The number of aliphatic carboxylic acids is 2. The van der Waals surface area contributed by atoms with Gasteiger partial charge in [-0.05, 0) is 0 Å². The van der Waals surface area contributed by atoms with Gasteiger partial charge in [-0.25, -0.2) is 0 Å². The molecule has 2 unspecified atom stereocenters. The lowest BCUT2D eigenvalue weighted by Crippen LogP contribution is -2.28. The number of hydrogen-bond donors (Lipinski definition) is 3. The van der Waals surface area contributed by atoms with E-state index in [4.69, 9.17) is 10.2 Å². The average Bonchev–Trinajstić information content (AvgIpc) is 1.84. The molecule has 0 fully saturated rings. The maximum atomic E-state index is 10.1. The van der Waals surface area contributed by atoms with Crippen LogP contribution in [0.1, 0.15) is 6.92 Å². The van der Waals surface area contributed by atoms with Gasteiger partial charge in [-0.15, -0.1) is 0 Å². The number of carbonyl (C=O) groups is 2. The van der Waals surface area contributed by atoms with Gasteiger partial charge in [-0.3, -0.25) is 9.59 Å². The van der Waals surface area contributed by atoms with Crippen LogP contribution in [0.4, 0.5) is 0 Å². The Balaban J connectivity index is 4.07. The van der Waals surface area contributed by atoms with Crippen molar-refractivity contribution in [1.82, 2.24) is 0 Å². The predicted molar refractivity (Wildman–Crippen MR) is 37.2 cm³/mol. The Hall–Kier alpha value is -0.710. The molecule has 0 aromatic heterocycles. The molecule has 0 aliphatic rings. The van der Waals surface area contributed by atoms with Gasteiger partial charge < -0.3 is 10.2 Å². The molecule has 0 aromatic carbocycles. The Kier molecular flexibility index (Phi) is 3.21. The molecular formula is C5H8O4S. The minimum atomic E-state index is -1.21. The van der Waals surface area contributed by atoms with Gasteiger partial charge in [0.05, 0.1) is 5.92 Å². The van der Waals surface area contributed by atoms with Crippen LogP contribution in [0.5, 0.6) is 0 Å². The van der Waals surface area contributed by atoms with Crippen LogP contribution in [-0.2, 0) is 9.59 Å². The lowest BCUT2D eigenvalue weighted by Gasteiger charge is -2.08. The van der Waals surface area contributed by atoms with Gasteiger partial charge in [0, 0.05) is 0 Å². The molecule has 0 aliphatic carbocycles. The molecule has 0 amide bonds. The van der Waals surface area contributed by atoms with Gasteiger partial charge in [0.15, 0.2) is 0 Å². The van der Waals surface area contributed by atoms with E-state index in [1.54, 1.807) is 0 Å². The Labute approximate surface area is 63.3 Å². The van der Waals surface area contributed by atoms with Gasteiger partial charge in [0.1, 0.15) is 5.25 Å². The van der Waals surface area contributed by atoms with Crippen molar-refractivity contribution in [3.05, 3.63) is 0 Å². The highest BCUT2D eigenvalue weighted by Gasteiger charge is 2.25. The fourth-order valence-electron chi connectivity index (χ4n) is 0.349. The molecule has 0 aliphatic heterocycles. The molecule has 0 saturated heterocycles. The van der Waals surface area contributed by atoms with Gasteiger partial charge in [0.25, 0.3) is 0 Å². The van der Waals surface area contributed by atoms with Crippen molar-refractivity contribution in [2.75, 3.05) is 0 Å². The second-order valence-corrected chi connectivity index (χ2v) is 2.47. The van der Waals surface area contributed by atoms with E-state index in [1.807, 2.05) is 0 Å². The highest BCUT2D eigenvalue weighted by Crippen LogP contribution is 2.09. The van der Waals surface area contributed by atoms with Crippen LogP contribution < -0.4 is 0 Å². The topological polar surface area (TPSA) is 74.6 Å². The summed E-state index contributed by atoms with van der Waals surface area (Å²) in [5, 5.41) is 15.4. The molecule has 2 atom stereocenters. The largest absolute Gasteiger partial charge is 0.481 e. The van der Waals surface area contributed by atoms with Crippen molar-refractivity contribution < 1.29 is 19.8 Å². The Bertz CT molecular complexity index is 138. The molecule has 0 spiro atoms. The third-order valence-corrected chi connectivity index (χ3v) is 1.78. The zero-order valence-electron chi connectivity index (χ0n) is 5.31. The molecule has 10 heavy (non-hydrogen) atoms. The summed E-state index contributed by atoms with van der Waals surface area (Å²) in [6.45, 7) is 1.30. The number of rotatable bonds is 3. The summed E-state index contributed by atoms with van der Waals surface area (Å²) in [7, 11) is 0. The lowest BCUT2D eigenvalue weighted by atomic mass is 10.1. The first kappa shape index (κ1) is 9.29. The van der Waals surface area contributed by atoms with Crippen LogP contribution >= 0.6 is 12.6 Å². The van der Waals surface area contributed by atoms with Crippen molar-refractivity contribution in [2.24, 2.45) is 5.92 Å². The molecular weight excluding hydrogens is 156 g/mol. The van der Waals surface area contributed by atoms with Crippen LogP contribution in [0.15, 0.2) is 0 Å². The van der Waals surface area contributed by atoms with E-state index in [-0.39, 0.29) is 0 Å². The predicted octanol–water partition coefficient (Wildman–Crippen LogP) is 0.0901. The SMILES string of the molecule is CC(C(=O)O)C(S)C(=O)O. The Morgan fingerprint density at radius 3 is 1.80 bits per heavy atom. The molecule has 0 bridgehead atoms. The highest BCUT2D eigenvalue weighted by molar-refractivity contribution is 7.81. The van der Waals surface area contributed by atoms with Gasteiger partial charge in [-0.1, -0.05) is 6.92 Å². The second-order valence-electron chi connectivity index (χ2n) is 1.91. The van der Waals surface area contributed by atoms with Gasteiger partial charge in [-0.2, -0.15) is 12.6 Å². The highest BCUT2D eigenvalue weighted by atomic mass is 32.1. The Morgan fingerprint density at radius 1 is 1.30 bits per heavy atom. The van der Waals surface area contributed by atoms with E-state index >= 15 is 0 Å². The molecule has 0 rings (SSSR count). The van der Waals surface area contributed by atoms with E-state index in [2.05, 4.69) is 12.6 Å². The maximum Gasteiger partial charge on any atom is 0.317 e. The number of carboxylic acids is 2. The standard InChI is InChI=1S/C5H8O4S/c1-2(4(6)7)3(10)5(8)9/h2-3,10H,1H3,(H,6,7)(H,8,9). The van der Waals surface area contributed by atoms with Crippen molar-refractivity contribution >= 4 is 24.6 Å². The average molecular weight is 164 g/mol. The Morgan fingerprint density at radius 2 is 1.70 bits per heavy atom. The summed E-state index contributed by atoms with van der Waals surface area (Å²) in [4.78, 5) is 20.2. The molecule has 0 saturated carbocycles. The minimum Gasteiger partial charge on any atom is -0.481 e. The summed E-state index contributed by atoms with van der Waals surface area (Å²) in [6, 6.07) is 0. The fourth-order valence-corrected chi connectivity index (χ4v) is 0.476. The monoisotopic (exact) mass is 164 g/mol. The number of carboxylic acid groups (broad SMARTS) is 2. The molecule has 0 radical (unpaired) electrons. The molecule has 4 nitrogen and oxygen atoms in total. The first-order chi connectivity index (χ1) is 4.46. The van der Waals surface area contributed by atoms with E-state index < -0.39 is 23.1 Å². The van der Waals surface area contributed by atoms with E-state index in [0.717, 1.165) is 0 Å². The molecule has 58 valence electrons. The quantitative estimate of drug-likeness (QED) is 0.517. The second kappa shape index (κ2) is 3.46. The zero-order valence-corrected chi connectivity index (χ0v) is 6.21. The first-order valence-electron chi connectivity index (χ1n) is 2.60. The molecule has 0 aromatic rings. The van der Waals surface area contributed by atoms with Crippen LogP contribution in [0.25, 0.3) is 0 Å². The van der Waals surface area contributed by atoms with Crippen molar-refractivity contribution in [3.63, 3.8) is 0 Å². The third kappa shape index (κ3) is 2.26. The first-order valence-corrected chi connectivity index (χ1v) is 3.12. The van der Waals surface area contributed by atoms with Crippen LogP contribution in [0, 0.1) is 5.92 Å². The van der Waals surface area contributed by atoms with E-state index in [9.17, 15) is 9.59 Å². The van der Waals surface area contributed by atoms with Gasteiger partial charge in [0.2, 0.25) is 0 Å². The van der Waals surface area contributed by atoms with Crippen molar-refractivity contribution in [1.29, 1.82) is 0 Å². The van der Waals surface area contributed by atoms with E-state index in [1.165, 1.54) is 6.92 Å². The van der Waals surface area contributed by atoms with Crippen LogP contribution in [0.2, 0.25) is 0 Å².